The van der Waals surface area contributed by atoms with Crippen LogP contribution in [0.15, 0.2) is 10.6 Å². The second-order valence-corrected chi connectivity index (χ2v) is 6.17. The van der Waals surface area contributed by atoms with Crippen molar-refractivity contribution in [2.24, 2.45) is 5.92 Å². The maximum Gasteiger partial charge on any atom is 0.211 e. The van der Waals surface area contributed by atoms with E-state index in [2.05, 4.69) is 36.0 Å². The molecule has 0 saturated carbocycles. The van der Waals surface area contributed by atoms with E-state index in [4.69, 9.17) is 4.42 Å². The molecule has 1 aliphatic heterocycles. The minimum Gasteiger partial charge on any atom is -0.444 e. The number of piperidine rings is 1. The zero-order chi connectivity index (χ0) is 13.8. The Bertz CT molecular complexity index is 380. The fourth-order valence-corrected chi connectivity index (χ4v) is 2.80. The molecule has 0 spiro atoms. The molecule has 1 unspecified atom stereocenters. The molecule has 1 N–H and O–H groups in total. The van der Waals surface area contributed by atoms with Crippen LogP contribution in [0.1, 0.15) is 51.3 Å². The van der Waals surface area contributed by atoms with E-state index in [0.717, 1.165) is 17.6 Å². The van der Waals surface area contributed by atoms with Gasteiger partial charge in [-0.15, -0.1) is 0 Å². The van der Waals surface area contributed by atoms with Gasteiger partial charge in [-0.2, -0.15) is 0 Å². The topological polar surface area (TPSA) is 41.3 Å². The minimum absolute atomic E-state index is 0.204. The third kappa shape index (κ3) is 4.32. The second kappa shape index (κ2) is 6.53. The van der Waals surface area contributed by atoms with Crippen molar-refractivity contribution in [2.45, 2.75) is 52.6 Å². The summed E-state index contributed by atoms with van der Waals surface area (Å²) in [4.78, 5) is 6.87. The van der Waals surface area contributed by atoms with Gasteiger partial charge in [0.05, 0.1) is 12.2 Å². The Morgan fingerprint density at radius 1 is 1.37 bits per heavy atom. The lowest BCUT2D eigenvalue weighted by molar-refractivity contribution is 0.172. The zero-order valence-electron chi connectivity index (χ0n) is 12.6. The molecular formula is C15H27N3O. The summed E-state index contributed by atoms with van der Waals surface area (Å²) in [5, 5.41) is 3.64. The van der Waals surface area contributed by atoms with Gasteiger partial charge in [-0.3, -0.25) is 0 Å². The first-order valence-corrected chi connectivity index (χ1v) is 7.45. The van der Waals surface area contributed by atoms with Crippen molar-refractivity contribution in [2.75, 3.05) is 19.6 Å². The predicted octanol–water partition coefficient (Wildman–Crippen LogP) is 2.75. The Labute approximate surface area is 116 Å². The fourth-order valence-electron chi connectivity index (χ4n) is 2.80. The highest BCUT2D eigenvalue weighted by molar-refractivity contribution is 4.96. The molecule has 19 heavy (non-hydrogen) atoms. The SMILES string of the molecule is Cc1cnc(C(C)NC2CCN(CC(C)C)CC2)o1. The molecule has 0 bridgehead atoms. The first kappa shape index (κ1) is 14.5. The number of aromatic nitrogens is 1. The lowest BCUT2D eigenvalue weighted by Gasteiger charge is -2.34. The number of aryl methyl sites for hydroxylation is 1. The smallest absolute Gasteiger partial charge is 0.211 e. The summed E-state index contributed by atoms with van der Waals surface area (Å²) in [6, 6.07) is 0.793. The highest BCUT2D eigenvalue weighted by atomic mass is 16.4. The Kier molecular flexibility index (Phi) is 4.99. The van der Waals surface area contributed by atoms with Crippen molar-refractivity contribution < 1.29 is 4.42 Å². The predicted molar refractivity (Wildman–Crippen MR) is 77.1 cm³/mol. The molecule has 1 aliphatic rings. The molecule has 0 aromatic carbocycles. The van der Waals surface area contributed by atoms with Crippen molar-refractivity contribution >= 4 is 0 Å². The van der Waals surface area contributed by atoms with Crippen molar-refractivity contribution in [3.63, 3.8) is 0 Å². The van der Waals surface area contributed by atoms with Gasteiger partial charge in [0, 0.05) is 12.6 Å². The largest absolute Gasteiger partial charge is 0.444 e. The van der Waals surface area contributed by atoms with Gasteiger partial charge in [0.15, 0.2) is 0 Å². The molecule has 1 saturated heterocycles. The maximum atomic E-state index is 5.58. The van der Waals surface area contributed by atoms with E-state index in [-0.39, 0.29) is 6.04 Å². The fraction of sp³-hybridized carbons (Fsp3) is 0.800. The van der Waals surface area contributed by atoms with Gasteiger partial charge in [0.2, 0.25) is 5.89 Å². The number of likely N-dealkylation sites (tertiary alicyclic amines) is 1. The average molecular weight is 265 g/mol. The molecule has 1 aromatic heterocycles. The third-order valence-corrected chi connectivity index (χ3v) is 3.71. The van der Waals surface area contributed by atoms with Crippen LogP contribution in [0.25, 0.3) is 0 Å². The standard InChI is InChI=1S/C15H27N3O/c1-11(2)10-18-7-5-14(6-8-18)17-13(4)15-16-9-12(3)19-15/h9,11,13-14,17H,5-8,10H2,1-4H3. The van der Waals surface area contributed by atoms with Crippen LogP contribution in [0.3, 0.4) is 0 Å². The van der Waals surface area contributed by atoms with Crippen molar-refractivity contribution in [1.82, 2.24) is 15.2 Å². The van der Waals surface area contributed by atoms with E-state index >= 15 is 0 Å². The number of hydrogen-bond donors (Lipinski definition) is 1. The van der Waals surface area contributed by atoms with Crippen LogP contribution in [0.5, 0.6) is 0 Å². The lowest BCUT2D eigenvalue weighted by atomic mass is 10.0. The number of hydrogen-bond acceptors (Lipinski definition) is 4. The van der Waals surface area contributed by atoms with Crippen LogP contribution in [0, 0.1) is 12.8 Å². The van der Waals surface area contributed by atoms with E-state index in [0.29, 0.717) is 6.04 Å². The summed E-state index contributed by atoms with van der Waals surface area (Å²) in [6.45, 7) is 12.3. The van der Waals surface area contributed by atoms with Gasteiger partial charge in [-0.1, -0.05) is 13.8 Å². The Morgan fingerprint density at radius 2 is 2.05 bits per heavy atom. The van der Waals surface area contributed by atoms with Crippen LogP contribution < -0.4 is 5.32 Å². The zero-order valence-corrected chi connectivity index (χ0v) is 12.6. The van der Waals surface area contributed by atoms with Gasteiger partial charge in [0.25, 0.3) is 0 Å². The summed E-state index contributed by atoms with van der Waals surface area (Å²) in [6.07, 6.45) is 4.23. The molecule has 1 atom stereocenters. The quantitative estimate of drug-likeness (QED) is 0.889. The first-order valence-electron chi connectivity index (χ1n) is 7.45. The summed E-state index contributed by atoms with van der Waals surface area (Å²) in [7, 11) is 0. The van der Waals surface area contributed by atoms with Crippen molar-refractivity contribution in [1.29, 1.82) is 0 Å². The van der Waals surface area contributed by atoms with Gasteiger partial charge in [0.1, 0.15) is 5.76 Å². The summed E-state index contributed by atoms with van der Waals surface area (Å²) in [5.74, 6) is 2.45. The van der Waals surface area contributed by atoms with Crippen molar-refractivity contribution in [3.8, 4) is 0 Å². The summed E-state index contributed by atoms with van der Waals surface area (Å²) < 4.78 is 5.58. The summed E-state index contributed by atoms with van der Waals surface area (Å²) in [5.41, 5.74) is 0. The van der Waals surface area contributed by atoms with E-state index in [1.165, 1.54) is 32.5 Å². The molecular weight excluding hydrogens is 238 g/mol. The van der Waals surface area contributed by atoms with Gasteiger partial charge >= 0.3 is 0 Å². The van der Waals surface area contributed by atoms with Crippen LogP contribution in [0.4, 0.5) is 0 Å². The number of nitrogens with one attached hydrogen (secondary N) is 1. The Balaban J connectivity index is 1.76. The van der Waals surface area contributed by atoms with Crippen LogP contribution in [-0.2, 0) is 0 Å². The van der Waals surface area contributed by atoms with Gasteiger partial charge < -0.3 is 14.6 Å². The molecule has 2 heterocycles. The van der Waals surface area contributed by atoms with E-state index in [1.807, 2.05) is 6.92 Å². The number of rotatable bonds is 5. The molecule has 2 rings (SSSR count). The van der Waals surface area contributed by atoms with E-state index in [9.17, 15) is 0 Å². The van der Waals surface area contributed by atoms with Crippen LogP contribution >= 0.6 is 0 Å². The van der Waals surface area contributed by atoms with Crippen molar-refractivity contribution in [3.05, 3.63) is 17.8 Å². The molecule has 4 nitrogen and oxygen atoms in total. The van der Waals surface area contributed by atoms with E-state index in [1.54, 1.807) is 6.20 Å². The monoisotopic (exact) mass is 265 g/mol. The Hall–Kier alpha value is -0.870. The first-order chi connectivity index (χ1) is 9.04. The van der Waals surface area contributed by atoms with E-state index < -0.39 is 0 Å². The molecule has 0 aliphatic carbocycles. The highest BCUT2D eigenvalue weighted by Crippen LogP contribution is 2.17. The summed E-state index contributed by atoms with van der Waals surface area (Å²) >= 11 is 0. The molecule has 0 radical (unpaired) electrons. The molecule has 1 fully saturated rings. The molecule has 1 aromatic rings. The van der Waals surface area contributed by atoms with Crippen LogP contribution in [0.2, 0.25) is 0 Å². The molecule has 4 heteroatoms. The minimum atomic E-state index is 0.204. The third-order valence-electron chi connectivity index (χ3n) is 3.71. The highest BCUT2D eigenvalue weighted by Gasteiger charge is 2.22. The second-order valence-electron chi connectivity index (χ2n) is 6.17. The average Bonchev–Trinajstić information content (AvgIpc) is 2.78. The number of nitrogens with zero attached hydrogens (tertiary/aromatic N) is 2. The normalized spacial score (nSPS) is 20.1. The maximum absolute atomic E-state index is 5.58. The van der Waals surface area contributed by atoms with Gasteiger partial charge in [-0.25, -0.2) is 4.98 Å². The Morgan fingerprint density at radius 3 is 2.58 bits per heavy atom. The molecule has 0 amide bonds. The van der Waals surface area contributed by atoms with Gasteiger partial charge in [-0.05, 0) is 45.7 Å². The van der Waals surface area contributed by atoms with Crippen LogP contribution in [-0.4, -0.2) is 35.6 Å². The molecule has 108 valence electrons. The lowest BCUT2D eigenvalue weighted by Crippen LogP contribution is -2.44. The number of oxazole rings is 1.